The van der Waals surface area contributed by atoms with E-state index in [0.29, 0.717) is 23.9 Å². The molecular formula is C20H18ClFN4O3S2. The van der Waals surface area contributed by atoms with E-state index in [9.17, 15) is 17.6 Å². The van der Waals surface area contributed by atoms with Crippen LogP contribution in [0.3, 0.4) is 0 Å². The zero-order valence-electron chi connectivity index (χ0n) is 16.1. The Labute approximate surface area is 188 Å². The number of hydrogen-bond donors (Lipinski definition) is 2. The number of carbonyl (C=O) groups is 1. The second-order valence-electron chi connectivity index (χ2n) is 6.46. The highest BCUT2D eigenvalue weighted by molar-refractivity contribution is 7.98. The SMILES string of the molecule is NS(=O)(=O)c1ccc(CCNC(=O)c2nc(SCc3ccc(F)cc3)ncc2Cl)cc1. The van der Waals surface area contributed by atoms with Crippen molar-refractivity contribution < 1.29 is 17.6 Å². The third-order valence-electron chi connectivity index (χ3n) is 4.17. The van der Waals surface area contributed by atoms with E-state index in [1.54, 1.807) is 24.3 Å². The van der Waals surface area contributed by atoms with Crippen LogP contribution in [0.2, 0.25) is 5.02 Å². The number of rotatable bonds is 8. The van der Waals surface area contributed by atoms with Gasteiger partial charge in [0.1, 0.15) is 5.82 Å². The van der Waals surface area contributed by atoms with Crippen molar-refractivity contribution in [1.29, 1.82) is 0 Å². The van der Waals surface area contributed by atoms with E-state index < -0.39 is 15.9 Å². The minimum Gasteiger partial charge on any atom is -0.350 e. The molecule has 0 aliphatic heterocycles. The fourth-order valence-electron chi connectivity index (χ4n) is 2.56. The molecular weight excluding hydrogens is 463 g/mol. The lowest BCUT2D eigenvalue weighted by Crippen LogP contribution is -2.27. The molecule has 0 bridgehead atoms. The number of benzene rings is 2. The number of aromatic nitrogens is 2. The number of thioether (sulfide) groups is 1. The second-order valence-corrected chi connectivity index (χ2v) is 9.37. The number of halogens is 2. The number of nitrogens with two attached hydrogens (primary N) is 1. The summed E-state index contributed by atoms with van der Waals surface area (Å²) in [7, 11) is -3.74. The summed E-state index contributed by atoms with van der Waals surface area (Å²) >= 11 is 7.38. The van der Waals surface area contributed by atoms with Gasteiger partial charge in [0.25, 0.3) is 5.91 Å². The third-order valence-corrected chi connectivity index (χ3v) is 6.31. The molecule has 0 saturated heterocycles. The van der Waals surface area contributed by atoms with Gasteiger partial charge in [-0.3, -0.25) is 4.79 Å². The Balaban J connectivity index is 1.57. The maximum atomic E-state index is 13.0. The van der Waals surface area contributed by atoms with Crippen molar-refractivity contribution in [3.63, 3.8) is 0 Å². The number of sulfonamides is 1. The average Bonchev–Trinajstić information content (AvgIpc) is 2.74. The largest absolute Gasteiger partial charge is 0.350 e. The number of nitrogens with zero attached hydrogens (tertiary/aromatic N) is 2. The molecule has 162 valence electrons. The van der Waals surface area contributed by atoms with Crippen LogP contribution in [0.15, 0.2) is 64.8 Å². The second kappa shape index (κ2) is 10.2. The van der Waals surface area contributed by atoms with Crippen molar-refractivity contribution in [2.45, 2.75) is 22.2 Å². The van der Waals surface area contributed by atoms with Gasteiger partial charge in [-0.25, -0.2) is 27.9 Å². The first-order valence-corrected chi connectivity index (χ1v) is 11.9. The summed E-state index contributed by atoms with van der Waals surface area (Å²) in [5.74, 6) is -0.245. The van der Waals surface area contributed by atoms with Crippen LogP contribution < -0.4 is 10.5 Å². The summed E-state index contributed by atoms with van der Waals surface area (Å²) in [6.07, 6.45) is 1.84. The lowest BCUT2D eigenvalue weighted by Gasteiger charge is -2.08. The van der Waals surface area contributed by atoms with Crippen LogP contribution in [0.1, 0.15) is 21.6 Å². The molecule has 0 aliphatic rings. The Kier molecular flexibility index (Phi) is 7.60. The maximum absolute atomic E-state index is 13.0. The Morgan fingerprint density at radius 1 is 1.10 bits per heavy atom. The fraction of sp³-hybridized carbons (Fsp3) is 0.150. The number of hydrogen-bond acceptors (Lipinski definition) is 6. The summed E-state index contributed by atoms with van der Waals surface area (Å²) in [6, 6.07) is 12.2. The fourth-order valence-corrected chi connectivity index (χ4v) is 4.02. The van der Waals surface area contributed by atoms with E-state index in [1.807, 2.05) is 0 Å². The molecule has 7 nitrogen and oxygen atoms in total. The highest BCUT2D eigenvalue weighted by atomic mass is 35.5. The van der Waals surface area contributed by atoms with E-state index in [-0.39, 0.29) is 21.4 Å². The minimum atomic E-state index is -3.74. The van der Waals surface area contributed by atoms with Gasteiger partial charge in [0.05, 0.1) is 16.1 Å². The first kappa shape index (κ1) is 23.1. The van der Waals surface area contributed by atoms with Crippen LogP contribution in [0.5, 0.6) is 0 Å². The van der Waals surface area contributed by atoms with Crippen molar-refractivity contribution in [2.24, 2.45) is 5.14 Å². The quantitative estimate of drug-likeness (QED) is 0.378. The first-order chi connectivity index (χ1) is 14.7. The van der Waals surface area contributed by atoms with Gasteiger partial charge >= 0.3 is 0 Å². The molecule has 0 atom stereocenters. The van der Waals surface area contributed by atoms with Gasteiger partial charge in [0, 0.05) is 12.3 Å². The van der Waals surface area contributed by atoms with E-state index in [1.165, 1.54) is 42.2 Å². The molecule has 11 heteroatoms. The maximum Gasteiger partial charge on any atom is 0.271 e. The Morgan fingerprint density at radius 2 is 1.74 bits per heavy atom. The van der Waals surface area contributed by atoms with Crippen LogP contribution in [0.25, 0.3) is 0 Å². The molecule has 0 spiro atoms. The summed E-state index contributed by atoms with van der Waals surface area (Å²) < 4.78 is 35.6. The molecule has 0 aliphatic carbocycles. The predicted octanol–water partition coefficient (Wildman–Crippen LogP) is 3.18. The molecule has 31 heavy (non-hydrogen) atoms. The van der Waals surface area contributed by atoms with Crippen LogP contribution >= 0.6 is 23.4 Å². The number of nitrogens with one attached hydrogen (secondary N) is 1. The van der Waals surface area contributed by atoms with Crippen molar-refractivity contribution in [1.82, 2.24) is 15.3 Å². The van der Waals surface area contributed by atoms with Crippen LogP contribution in [0, 0.1) is 5.82 Å². The summed E-state index contributed by atoms with van der Waals surface area (Å²) in [5, 5.41) is 8.30. The lowest BCUT2D eigenvalue weighted by molar-refractivity contribution is 0.0948. The van der Waals surface area contributed by atoms with Gasteiger partial charge in [-0.2, -0.15) is 0 Å². The Morgan fingerprint density at radius 3 is 2.39 bits per heavy atom. The highest BCUT2D eigenvalue weighted by Crippen LogP contribution is 2.22. The molecule has 0 radical (unpaired) electrons. The van der Waals surface area contributed by atoms with Crippen molar-refractivity contribution >= 4 is 39.3 Å². The summed E-state index contributed by atoms with van der Waals surface area (Å²) in [5.41, 5.74) is 1.78. The van der Waals surface area contributed by atoms with Crippen LogP contribution in [0.4, 0.5) is 4.39 Å². The van der Waals surface area contributed by atoms with E-state index >= 15 is 0 Å². The molecule has 3 N–H and O–H groups in total. The van der Waals surface area contributed by atoms with Crippen molar-refractivity contribution in [3.05, 3.63) is 82.4 Å². The molecule has 1 heterocycles. The van der Waals surface area contributed by atoms with Crippen LogP contribution in [-0.4, -0.2) is 30.8 Å². The van der Waals surface area contributed by atoms with Gasteiger partial charge in [-0.05, 0) is 41.8 Å². The molecule has 0 saturated carbocycles. The van der Waals surface area contributed by atoms with Gasteiger partial charge < -0.3 is 5.32 Å². The molecule has 2 aromatic carbocycles. The molecule has 1 amide bonds. The van der Waals surface area contributed by atoms with Crippen molar-refractivity contribution in [2.75, 3.05) is 6.54 Å². The number of amides is 1. The zero-order valence-corrected chi connectivity index (χ0v) is 18.5. The number of primary sulfonamides is 1. The predicted molar refractivity (Wildman–Crippen MR) is 117 cm³/mol. The topological polar surface area (TPSA) is 115 Å². The molecule has 1 aromatic heterocycles. The zero-order chi connectivity index (χ0) is 22.4. The molecule has 3 rings (SSSR count). The van der Waals surface area contributed by atoms with Crippen molar-refractivity contribution in [3.8, 4) is 0 Å². The van der Waals surface area contributed by atoms with Gasteiger partial charge in [-0.1, -0.05) is 47.6 Å². The van der Waals surface area contributed by atoms with E-state index in [2.05, 4.69) is 15.3 Å². The Bertz CT molecular complexity index is 1170. The molecule has 3 aromatic rings. The highest BCUT2D eigenvalue weighted by Gasteiger charge is 2.14. The first-order valence-electron chi connectivity index (χ1n) is 9.02. The number of carbonyl (C=O) groups excluding carboxylic acids is 1. The van der Waals surface area contributed by atoms with E-state index in [4.69, 9.17) is 16.7 Å². The smallest absolute Gasteiger partial charge is 0.271 e. The van der Waals surface area contributed by atoms with Gasteiger partial charge in [0.2, 0.25) is 10.0 Å². The summed E-state index contributed by atoms with van der Waals surface area (Å²) in [4.78, 5) is 20.8. The van der Waals surface area contributed by atoms with Crippen LogP contribution in [-0.2, 0) is 22.2 Å². The average molecular weight is 481 g/mol. The monoisotopic (exact) mass is 480 g/mol. The van der Waals surface area contributed by atoms with E-state index in [0.717, 1.165) is 11.1 Å². The molecule has 0 fully saturated rings. The van der Waals surface area contributed by atoms with Gasteiger partial charge in [-0.15, -0.1) is 0 Å². The summed E-state index contributed by atoms with van der Waals surface area (Å²) in [6.45, 7) is 0.298. The third kappa shape index (κ3) is 6.73. The molecule has 0 unspecified atom stereocenters. The van der Waals surface area contributed by atoms with Gasteiger partial charge in [0.15, 0.2) is 10.9 Å². The minimum absolute atomic E-state index is 0.0266. The standard InChI is InChI=1S/C20H18ClFN4O3S2/c21-17-11-25-20(30-12-14-1-5-15(22)6-2-14)26-18(17)19(27)24-10-9-13-3-7-16(8-4-13)31(23,28)29/h1-8,11H,9-10,12H2,(H,24,27)(H2,23,28,29). The lowest BCUT2D eigenvalue weighted by atomic mass is 10.1. The normalized spacial score (nSPS) is 11.3. The Hall–Kier alpha value is -2.53.